The summed E-state index contributed by atoms with van der Waals surface area (Å²) in [5.41, 5.74) is 3.33. The Hall–Kier alpha value is -2.16. The molecule has 0 atom stereocenters. The van der Waals surface area contributed by atoms with Gasteiger partial charge in [0, 0.05) is 11.8 Å². The minimum atomic E-state index is -0.0562. The molecule has 1 saturated carbocycles. The molecule has 1 aliphatic carbocycles. The summed E-state index contributed by atoms with van der Waals surface area (Å²) >= 11 is 0. The van der Waals surface area contributed by atoms with Crippen LogP contribution in [-0.2, 0) is 11.2 Å². The molecule has 1 aliphatic rings. The smallest absolute Gasteiger partial charge is 0.314 e. The lowest BCUT2D eigenvalue weighted by Gasteiger charge is -2.27. The maximum atomic E-state index is 12.7. The Labute approximate surface area is 214 Å². The highest BCUT2D eigenvalue weighted by atomic mass is 16.5. The number of carbonyl (C=O) groups is 1. The summed E-state index contributed by atoms with van der Waals surface area (Å²) in [6.07, 6.45) is 22.0. The van der Waals surface area contributed by atoms with Crippen LogP contribution in [0.25, 0.3) is 11.3 Å². The van der Waals surface area contributed by atoms with Crippen LogP contribution in [0.15, 0.2) is 42.6 Å². The van der Waals surface area contributed by atoms with Crippen LogP contribution in [0.1, 0.15) is 116 Å². The first-order valence-corrected chi connectivity index (χ1v) is 14.5. The van der Waals surface area contributed by atoms with Gasteiger partial charge in [0.1, 0.15) is 5.75 Å². The minimum absolute atomic E-state index is 0.0562. The molecular formula is C32H47NO2. The summed E-state index contributed by atoms with van der Waals surface area (Å²) in [4.78, 5) is 17.4. The van der Waals surface area contributed by atoms with E-state index in [4.69, 9.17) is 4.74 Å². The fourth-order valence-electron chi connectivity index (χ4n) is 5.29. The normalized spacial score (nSPS) is 17.9. The van der Waals surface area contributed by atoms with E-state index in [1.54, 1.807) is 0 Å². The van der Waals surface area contributed by atoms with E-state index in [-0.39, 0.29) is 11.9 Å². The number of ether oxygens (including phenoxy) is 1. The first kappa shape index (κ1) is 27.4. The standard InChI is InChI=1S/C32H47NO2/c1-3-5-7-9-10-12-14-27-17-24-31(33-25-27)28-20-22-30(23-21-28)35-32(34)29-18-15-26(16-19-29)13-11-8-6-4-2/h17,20-26,29H,3-16,18-19H2,1-2H3. The van der Waals surface area contributed by atoms with Gasteiger partial charge in [-0.25, -0.2) is 0 Å². The van der Waals surface area contributed by atoms with Gasteiger partial charge < -0.3 is 4.74 Å². The Morgan fingerprint density at radius 3 is 2.11 bits per heavy atom. The number of aryl methyl sites for hydroxylation is 1. The third-order valence-electron chi connectivity index (χ3n) is 7.66. The SMILES string of the molecule is CCCCCCCCc1ccc(-c2ccc(OC(=O)C3CCC(CCCCCC)CC3)cc2)nc1. The summed E-state index contributed by atoms with van der Waals surface area (Å²) in [6, 6.07) is 12.1. The number of esters is 1. The van der Waals surface area contributed by atoms with Crippen molar-refractivity contribution in [2.24, 2.45) is 11.8 Å². The molecule has 0 saturated heterocycles. The molecule has 0 spiro atoms. The van der Waals surface area contributed by atoms with Crippen LogP contribution in [0.5, 0.6) is 5.75 Å². The summed E-state index contributed by atoms with van der Waals surface area (Å²) in [6.45, 7) is 4.52. The van der Waals surface area contributed by atoms with E-state index >= 15 is 0 Å². The van der Waals surface area contributed by atoms with Crippen molar-refractivity contribution in [2.75, 3.05) is 0 Å². The summed E-state index contributed by atoms with van der Waals surface area (Å²) < 4.78 is 5.73. The van der Waals surface area contributed by atoms with Crippen molar-refractivity contribution in [3.63, 3.8) is 0 Å². The highest BCUT2D eigenvalue weighted by Crippen LogP contribution is 2.33. The maximum absolute atomic E-state index is 12.7. The van der Waals surface area contributed by atoms with Crippen LogP contribution in [0.3, 0.4) is 0 Å². The topological polar surface area (TPSA) is 39.2 Å². The molecule has 0 radical (unpaired) electrons. The predicted octanol–water partition coefficient (Wildman–Crippen LogP) is 9.33. The number of rotatable bonds is 15. The van der Waals surface area contributed by atoms with Gasteiger partial charge in [-0.1, -0.05) is 84.1 Å². The molecular weight excluding hydrogens is 430 g/mol. The predicted molar refractivity (Wildman–Crippen MR) is 147 cm³/mol. The van der Waals surface area contributed by atoms with Crippen molar-refractivity contribution < 1.29 is 9.53 Å². The van der Waals surface area contributed by atoms with Gasteiger partial charge in [-0.05, 0) is 80.3 Å². The minimum Gasteiger partial charge on any atom is -0.426 e. The lowest BCUT2D eigenvalue weighted by Crippen LogP contribution is -2.25. The molecule has 2 aromatic rings. The van der Waals surface area contributed by atoms with Gasteiger partial charge in [0.25, 0.3) is 0 Å². The van der Waals surface area contributed by atoms with Gasteiger partial charge in [-0.3, -0.25) is 9.78 Å². The zero-order chi connectivity index (χ0) is 24.7. The largest absolute Gasteiger partial charge is 0.426 e. The van der Waals surface area contributed by atoms with Crippen molar-refractivity contribution in [1.29, 1.82) is 0 Å². The number of nitrogens with zero attached hydrogens (tertiary/aromatic N) is 1. The Morgan fingerprint density at radius 1 is 0.800 bits per heavy atom. The van der Waals surface area contributed by atoms with Crippen LogP contribution in [0, 0.1) is 11.8 Å². The zero-order valence-electron chi connectivity index (χ0n) is 22.3. The average Bonchev–Trinajstić information content (AvgIpc) is 2.90. The van der Waals surface area contributed by atoms with E-state index in [0.717, 1.165) is 36.4 Å². The van der Waals surface area contributed by atoms with E-state index in [1.165, 1.54) is 89.0 Å². The molecule has 0 aliphatic heterocycles. The summed E-state index contributed by atoms with van der Waals surface area (Å²) in [5, 5.41) is 0. The van der Waals surface area contributed by atoms with Gasteiger partial charge in [0.15, 0.2) is 0 Å². The fourth-order valence-corrected chi connectivity index (χ4v) is 5.29. The quantitative estimate of drug-likeness (QED) is 0.146. The van der Waals surface area contributed by atoms with E-state index in [9.17, 15) is 4.79 Å². The van der Waals surface area contributed by atoms with Crippen molar-refractivity contribution in [2.45, 2.75) is 117 Å². The Balaban J connectivity index is 1.39. The summed E-state index contributed by atoms with van der Waals surface area (Å²) in [7, 11) is 0. The molecule has 192 valence electrons. The lowest BCUT2D eigenvalue weighted by molar-refractivity contribution is -0.140. The van der Waals surface area contributed by atoms with Crippen molar-refractivity contribution in [3.05, 3.63) is 48.2 Å². The number of unbranched alkanes of at least 4 members (excludes halogenated alkanes) is 8. The Morgan fingerprint density at radius 2 is 1.46 bits per heavy atom. The van der Waals surface area contributed by atoms with E-state index < -0.39 is 0 Å². The maximum Gasteiger partial charge on any atom is 0.314 e. The van der Waals surface area contributed by atoms with Crippen molar-refractivity contribution in [1.82, 2.24) is 4.98 Å². The van der Waals surface area contributed by atoms with Crippen LogP contribution >= 0.6 is 0 Å². The van der Waals surface area contributed by atoms with Crippen molar-refractivity contribution >= 4 is 5.97 Å². The molecule has 1 aromatic carbocycles. The molecule has 35 heavy (non-hydrogen) atoms. The molecule has 1 aromatic heterocycles. The van der Waals surface area contributed by atoms with E-state index in [2.05, 4.69) is 31.0 Å². The Kier molecular flexibility index (Phi) is 12.3. The third-order valence-corrected chi connectivity index (χ3v) is 7.66. The zero-order valence-corrected chi connectivity index (χ0v) is 22.3. The summed E-state index contributed by atoms with van der Waals surface area (Å²) in [5.74, 6) is 1.45. The van der Waals surface area contributed by atoms with Crippen LogP contribution < -0.4 is 4.74 Å². The highest BCUT2D eigenvalue weighted by molar-refractivity contribution is 5.75. The first-order valence-electron chi connectivity index (χ1n) is 14.5. The lowest BCUT2D eigenvalue weighted by atomic mass is 9.80. The Bertz CT molecular complexity index is 835. The highest BCUT2D eigenvalue weighted by Gasteiger charge is 2.27. The van der Waals surface area contributed by atoms with Crippen LogP contribution in [-0.4, -0.2) is 11.0 Å². The van der Waals surface area contributed by atoms with Gasteiger partial charge in [-0.2, -0.15) is 0 Å². The second-order valence-electron chi connectivity index (χ2n) is 10.6. The fraction of sp³-hybridized carbons (Fsp3) is 0.625. The molecule has 0 N–H and O–H groups in total. The van der Waals surface area contributed by atoms with Gasteiger partial charge in [-0.15, -0.1) is 0 Å². The second-order valence-corrected chi connectivity index (χ2v) is 10.6. The number of aromatic nitrogens is 1. The van der Waals surface area contributed by atoms with Gasteiger partial charge in [0.05, 0.1) is 11.6 Å². The number of pyridine rings is 1. The molecule has 0 amide bonds. The molecule has 1 fully saturated rings. The molecule has 3 heteroatoms. The molecule has 3 nitrogen and oxygen atoms in total. The average molecular weight is 478 g/mol. The molecule has 0 bridgehead atoms. The second kappa shape index (κ2) is 15.8. The number of hydrogen-bond donors (Lipinski definition) is 0. The molecule has 1 heterocycles. The number of carbonyl (C=O) groups excluding carboxylic acids is 1. The number of benzene rings is 1. The molecule has 0 unspecified atom stereocenters. The van der Waals surface area contributed by atoms with E-state index in [1.807, 2.05) is 30.5 Å². The monoisotopic (exact) mass is 477 g/mol. The van der Waals surface area contributed by atoms with E-state index in [0.29, 0.717) is 5.75 Å². The molecule has 3 rings (SSSR count). The first-order chi connectivity index (χ1) is 17.2. The third kappa shape index (κ3) is 9.78. The van der Waals surface area contributed by atoms with Crippen LogP contribution in [0.4, 0.5) is 0 Å². The van der Waals surface area contributed by atoms with Crippen molar-refractivity contribution in [3.8, 4) is 17.0 Å². The van der Waals surface area contributed by atoms with Gasteiger partial charge in [0.2, 0.25) is 0 Å². The number of hydrogen-bond acceptors (Lipinski definition) is 3. The van der Waals surface area contributed by atoms with Gasteiger partial charge >= 0.3 is 5.97 Å². The van der Waals surface area contributed by atoms with Crippen LogP contribution in [0.2, 0.25) is 0 Å².